The van der Waals surface area contributed by atoms with Crippen LogP contribution in [0.4, 0.5) is 18.9 Å². The Morgan fingerprint density at radius 3 is 2.62 bits per heavy atom. The summed E-state index contributed by atoms with van der Waals surface area (Å²) >= 11 is 1.57. The molecule has 1 aromatic rings. The number of amides is 2. The van der Waals surface area contributed by atoms with E-state index in [2.05, 4.69) is 5.32 Å². The molecule has 0 radical (unpaired) electrons. The lowest BCUT2D eigenvalue weighted by atomic mass is 10.1. The summed E-state index contributed by atoms with van der Waals surface area (Å²) in [6.45, 7) is 1.76. The molecule has 3 rings (SSSR count). The number of carbonyl (C=O) groups is 2. The highest BCUT2D eigenvalue weighted by molar-refractivity contribution is 7.99. The summed E-state index contributed by atoms with van der Waals surface area (Å²) < 4.78 is 38.6. The highest BCUT2D eigenvalue weighted by Gasteiger charge is 2.32. The number of piperazine rings is 1. The summed E-state index contributed by atoms with van der Waals surface area (Å²) in [5, 5.41) is 2.75. The van der Waals surface area contributed by atoms with Crippen molar-refractivity contribution in [1.29, 1.82) is 0 Å². The van der Waals surface area contributed by atoms with E-state index in [0.717, 1.165) is 12.1 Å². The van der Waals surface area contributed by atoms with Gasteiger partial charge in [0.05, 0.1) is 5.56 Å². The maximum absolute atomic E-state index is 12.9. The topological polar surface area (TPSA) is 52.7 Å². The second-order valence-electron chi connectivity index (χ2n) is 6.31. The number of anilines is 1. The summed E-state index contributed by atoms with van der Waals surface area (Å²) in [5.74, 6) is 1.03. The third-order valence-corrected chi connectivity index (χ3v) is 5.58. The number of nitrogens with one attached hydrogen (secondary N) is 1. The molecule has 2 amide bonds. The average Bonchev–Trinajstić information content (AvgIpc) is 2.85. The van der Waals surface area contributed by atoms with Gasteiger partial charge in [-0.15, -0.1) is 0 Å². The lowest BCUT2D eigenvalue weighted by Gasteiger charge is -2.37. The minimum Gasteiger partial charge on any atom is -0.368 e. The van der Waals surface area contributed by atoms with Gasteiger partial charge in [-0.25, -0.2) is 0 Å². The normalized spacial score (nSPS) is 22.0. The van der Waals surface area contributed by atoms with Gasteiger partial charge in [-0.05, 0) is 18.2 Å². The van der Waals surface area contributed by atoms with E-state index < -0.39 is 17.8 Å². The van der Waals surface area contributed by atoms with Gasteiger partial charge < -0.3 is 15.1 Å². The number of hydrogen-bond donors (Lipinski definition) is 1. The van der Waals surface area contributed by atoms with Crippen LogP contribution in [0.3, 0.4) is 0 Å². The molecule has 0 unspecified atom stereocenters. The molecule has 2 saturated heterocycles. The van der Waals surface area contributed by atoms with Gasteiger partial charge in [0, 0.05) is 49.8 Å². The molecule has 26 heavy (non-hydrogen) atoms. The molecular formula is C17H20F3N3O2S. The Kier molecular flexibility index (Phi) is 5.64. The molecule has 2 aliphatic rings. The molecule has 142 valence electrons. The smallest absolute Gasteiger partial charge is 0.368 e. The summed E-state index contributed by atoms with van der Waals surface area (Å²) in [7, 11) is 0. The predicted molar refractivity (Wildman–Crippen MR) is 94.1 cm³/mol. The summed E-state index contributed by atoms with van der Waals surface area (Å²) in [4.78, 5) is 27.8. The van der Waals surface area contributed by atoms with Crippen LogP contribution in [0, 0.1) is 0 Å². The molecule has 1 atom stereocenters. The Labute approximate surface area is 153 Å². The van der Waals surface area contributed by atoms with Gasteiger partial charge in [-0.1, -0.05) is 6.07 Å². The van der Waals surface area contributed by atoms with Crippen molar-refractivity contribution in [3.05, 3.63) is 29.8 Å². The lowest BCUT2D eigenvalue weighted by Crippen LogP contribution is -2.55. The van der Waals surface area contributed by atoms with Crippen LogP contribution >= 0.6 is 11.8 Å². The molecule has 0 spiro atoms. The van der Waals surface area contributed by atoms with Gasteiger partial charge in [0.2, 0.25) is 11.8 Å². The van der Waals surface area contributed by atoms with Gasteiger partial charge >= 0.3 is 6.18 Å². The number of thioether (sulfide) groups is 1. The Morgan fingerprint density at radius 1 is 1.19 bits per heavy atom. The van der Waals surface area contributed by atoms with E-state index in [1.165, 1.54) is 6.07 Å². The summed E-state index contributed by atoms with van der Waals surface area (Å²) in [5.41, 5.74) is -0.169. The van der Waals surface area contributed by atoms with E-state index in [9.17, 15) is 22.8 Å². The van der Waals surface area contributed by atoms with Crippen LogP contribution in [0.2, 0.25) is 0 Å². The summed E-state index contributed by atoms with van der Waals surface area (Å²) in [6, 6.07) is 4.72. The monoisotopic (exact) mass is 387 g/mol. The maximum Gasteiger partial charge on any atom is 0.416 e. The second kappa shape index (κ2) is 7.77. The van der Waals surface area contributed by atoms with Gasteiger partial charge in [-0.3, -0.25) is 9.59 Å². The molecule has 0 aromatic heterocycles. The van der Waals surface area contributed by atoms with Gasteiger partial charge in [0.25, 0.3) is 0 Å². The number of halogens is 3. The van der Waals surface area contributed by atoms with Gasteiger partial charge in [-0.2, -0.15) is 24.9 Å². The molecule has 9 heteroatoms. The largest absolute Gasteiger partial charge is 0.416 e. The molecule has 0 bridgehead atoms. The van der Waals surface area contributed by atoms with Crippen LogP contribution in [-0.2, 0) is 15.8 Å². The van der Waals surface area contributed by atoms with E-state index in [1.54, 1.807) is 22.7 Å². The van der Waals surface area contributed by atoms with Crippen LogP contribution in [-0.4, -0.2) is 60.4 Å². The van der Waals surface area contributed by atoms with Crippen molar-refractivity contribution >= 4 is 29.3 Å². The van der Waals surface area contributed by atoms with Crippen molar-refractivity contribution in [3.63, 3.8) is 0 Å². The highest BCUT2D eigenvalue weighted by atomic mass is 32.2. The minimum absolute atomic E-state index is 0.114. The zero-order chi connectivity index (χ0) is 18.7. The van der Waals surface area contributed by atoms with Crippen molar-refractivity contribution in [2.75, 3.05) is 42.6 Å². The molecule has 2 heterocycles. The Balaban J connectivity index is 1.60. The van der Waals surface area contributed by atoms with Crippen LogP contribution in [0.1, 0.15) is 12.0 Å². The zero-order valence-corrected chi connectivity index (χ0v) is 14.9. The van der Waals surface area contributed by atoms with E-state index >= 15 is 0 Å². The van der Waals surface area contributed by atoms with Crippen molar-refractivity contribution < 1.29 is 22.8 Å². The highest BCUT2D eigenvalue weighted by Crippen LogP contribution is 2.31. The predicted octanol–water partition coefficient (Wildman–Crippen LogP) is 1.98. The number of carbonyl (C=O) groups excluding carboxylic acids is 2. The molecule has 2 fully saturated rings. The fourth-order valence-corrected chi connectivity index (χ4v) is 4.05. The molecule has 5 nitrogen and oxygen atoms in total. The van der Waals surface area contributed by atoms with E-state index in [4.69, 9.17) is 0 Å². The number of hydrogen-bond acceptors (Lipinski definition) is 4. The third kappa shape index (κ3) is 4.44. The van der Waals surface area contributed by atoms with Crippen molar-refractivity contribution in [2.45, 2.75) is 18.6 Å². The molecule has 0 saturated carbocycles. The van der Waals surface area contributed by atoms with Crippen molar-refractivity contribution in [2.24, 2.45) is 0 Å². The maximum atomic E-state index is 12.9. The Bertz CT molecular complexity index is 675. The Morgan fingerprint density at radius 2 is 1.92 bits per heavy atom. The minimum atomic E-state index is -4.37. The average molecular weight is 387 g/mol. The number of alkyl halides is 3. The first-order chi connectivity index (χ1) is 12.3. The van der Waals surface area contributed by atoms with Crippen molar-refractivity contribution in [3.8, 4) is 0 Å². The third-order valence-electron chi connectivity index (χ3n) is 4.52. The van der Waals surface area contributed by atoms with Crippen LogP contribution in [0.15, 0.2) is 24.3 Å². The van der Waals surface area contributed by atoms with Gasteiger partial charge in [0.15, 0.2) is 0 Å². The van der Waals surface area contributed by atoms with Crippen molar-refractivity contribution in [1.82, 2.24) is 10.2 Å². The number of nitrogens with zero attached hydrogens (tertiary/aromatic N) is 2. The molecular weight excluding hydrogens is 367 g/mol. The first-order valence-electron chi connectivity index (χ1n) is 8.43. The Hall–Kier alpha value is -1.90. The SMILES string of the molecule is O=C1CCSC[C@@H](C(=O)N2CCN(c3cccc(C(F)(F)F)c3)CC2)N1. The molecule has 1 aromatic carbocycles. The fraction of sp³-hybridized carbons (Fsp3) is 0.529. The lowest BCUT2D eigenvalue weighted by molar-refractivity contribution is -0.137. The van der Waals surface area contributed by atoms with Crippen LogP contribution < -0.4 is 10.2 Å². The molecule has 2 aliphatic heterocycles. The standard InChI is InChI=1S/C17H20F3N3O2S/c18-17(19,20)12-2-1-3-13(10-12)22-5-7-23(8-6-22)16(25)14-11-26-9-4-15(24)21-14/h1-3,10,14H,4-9,11H2,(H,21,24)/t14-/m0/s1. The zero-order valence-electron chi connectivity index (χ0n) is 14.1. The fourth-order valence-electron chi connectivity index (χ4n) is 3.09. The van der Waals surface area contributed by atoms with Crippen LogP contribution in [0.5, 0.6) is 0 Å². The van der Waals surface area contributed by atoms with E-state index in [0.29, 0.717) is 49.8 Å². The first-order valence-corrected chi connectivity index (χ1v) is 9.58. The molecule has 0 aliphatic carbocycles. The first kappa shape index (κ1) is 18.9. The quantitative estimate of drug-likeness (QED) is 0.843. The van der Waals surface area contributed by atoms with Crippen LogP contribution in [0.25, 0.3) is 0 Å². The second-order valence-corrected chi connectivity index (χ2v) is 7.46. The number of benzene rings is 1. The number of rotatable bonds is 2. The van der Waals surface area contributed by atoms with E-state index in [1.807, 2.05) is 4.90 Å². The van der Waals surface area contributed by atoms with Gasteiger partial charge in [0.1, 0.15) is 6.04 Å². The summed E-state index contributed by atoms with van der Waals surface area (Å²) in [6.07, 6.45) is -3.96. The molecule has 1 N–H and O–H groups in total. The van der Waals surface area contributed by atoms with E-state index in [-0.39, 0.29) is 11.8 Å².